The average molecular weight is 278 g/mol. The van der Waals surface area contributed by atoms with E-state index in [9.17, 15) is 5.11 Å². The topological polar surface area (TPSA) is 29.5 Å². The van der Waals surface area contributed by atoms with E-state index >= 15 is 0 Å². The fourth-order valence-corrected chi connectivity index (χ4v) is 1.58. The Balaban J connectivity index is 3.09. The Kier molecular flexibility index (Phi) is 4.29. The van der Waals surface area contributed by atoms with Gasteiger partial charge in [0.2, 0.25) is 0 Å². The molecule has 0 aliphatic rings. The van der Waals surface area contributed by atoms with Gasteiger partial charge in [-0.3, -0.25) is 0 Å². The third-order valence-electron chi connectivity index (χ3n) is 1.67. The van der Waals surface area contributed by atoms with Gasteiger partial charge < -0.3 is 9.84 Å². The van der Waals surface area contributed by atoms with Crippen molar-refractivity contribution in [1.82, 2.24) is 0 Å². The van der Waals surface area contributed by atoms with Crippen molar-refractivity contribution in [3.63, 3.8) is 0 Å². The standard InChI is InChI=1S/C10H10BrClO2/c1-14-9-6-7(3-2-4-12)5-8(11)10(9)13/h2-3,5-6,13H,4H2,1H3. The van der Waals surface area contributed by atoms with Crippen LogP contribution in [-0.4, -0.2) is 18.1 Å². The normalized spacial score (nSPS) is 10.8. The second-order valence-electron chi connectivity index (χ2n) is 2.61. The van der Waals surface area contributed by atoms with Crippen molar-refractivity contribution in [3.05, 3.63) is 28.2 Å². The largest absolute Gasteiger partial charge is 0.503 e. The Labute approximate surface area is 96.3 Å². The summed E-state index contributed by atoms with van der Waals surface area (Å²) in [6.07, 6.45) is 3.68. The molecule has 14 heavy (non-hydrogen) atoms. The van der Waals surface area contributed by atoms with Crippen LogP contribution >= 0.6 is 27.5 Å². The lowest BCUT2D eigenvalue weighted by atomic mass is 10.2. The molecule has 0 fully saturated rings. The average Bonchev–Trinajstić information content (AvgIpc) is 2.19. The summed E-state index contributed by atoms with van der Waals surface area (Å²) < 4.78 is 5.60. The van der Waals surface area contributed by atoms with Crippen LogP contribution in [0.2, 0.25) is 0 Å². The summed E-state index contributed by atoms with van der Waals surface area (Å²) in [7, 11) is 1.51. The number of hydrogen-bond acceptors (Lipinski definition) is 2. The number of aromatic hydroxyl groups is 1. The summed E-state index contributed by atoms with van der Waals surface area (Å²) in [5, 5.41) is 9.53. The van der Waals surface area contributed by atoms with Crippen molar-refractivity contribution < 1.29 is 9.84 Å². The molecule has 0 atom stereocenters. The lowest BCUT2D eigenvalue weighted by molar-refractivity contribution is 0.372. The number of allylic oxidation sites excluding steroid dienone is 1. The fraction of sp³-hybridized carbons (Fsp3) is 0.200. The van der Waals surface area contributed by atoms with Crippen molar-refractivity contribution in [3.8, 4) is 11.5 Å². The molecular weight excluding hydrogens is 267 g/mol. The van der Waals surface area contributed by atoms with E-state index in [0.717, 1.165) is 5.56 Å². The van der Waals surface area contributed by atoms with Crippen LogP contribution in [0.25, 0.3) is 6.08 Å². The van der Waals surface area contributed by atoms with Crippen LogP contribution in [-0.2, 0) is 0 Å². The molecule has 0 heterocycles. The second kappa shape index (κ2) is 5.27. The number of halogens is 2. The molecule has 4 heteroatoms. The predicted molar refractivity (Wildman–Crippen MR) is 62.1 cm³/mol. The third-order valence-corrected chi connectivity index (χ3v) is 2.45. The van der Waals surface area contributed by atoms with E-state index in [1.807, 2.05) is 12.2 Å². The molecule has 0 amide bonds. The molecule has 1 aromatic rings. The van der Waals surface area contributed by atoms with Gasteiger partial charge in [-0.2, -0.15) is 0 Å². The molecule has 0 bridgehead atoms. The highest BCUT2D eigenvalue weighted by atomic mass is 79.9. The van der Waals surface area contributed by atoms with E-state index in [1.165, 1.54) is 7.11 Å². The van der Waals surface area contributed by atoms with E-state index < -0.39 is 0 Å². The Hall–Kier alpha value is -0.670. The van der Waals surface area contributed by atoms with Gasteiger partial charge >= 0.3 is 0 Å². The highest BCUT2D eigenvalue weighted by Crippen LogP contribution is 2.35. The molecule has 1 rings (SSSR count). The van der Waals surface area contributed by atoms with Gasteiger partial charge in [-0.25, -0.2) is 0 Å². The summed E-state index contributed by atoms with van der Waals surface area (Å²) in [6, 6.07) is 3.53. The second-order valence-corrected chi connectivity index (χ2v) is 3.77. The van der Waals surface area contributed by atoms with Gasteiger partial charge in [0.05, 0.1) is 11.6 Å². The maximum Gasteiger partial charge on any atom is 0.172 e. The van der Waals surface area contributed by atoms with E-state index in [0.29, 0.717) is 16.1 Å². The number of phenols is 1. The maximum atomic E-state index is 9.53. The van der Waals surface area contributed by atoms with Gasteiger partial charge in [0, 0.05) is 5.88 Å². The van der Waals surface area contributed by atoms with Crippen molar-refractivity contribution in [2.45, 2.75) is 0 Å². The zero-order valence-electron chi connectivity index (χ0n) is 7.63. The molecule has 0 radical (unpaired) electrons. The Morgan fingerprint density at radius 2 is 2.29 bits per heavy atom. The number of hydrogen-bond donors (Lipinski definition) is 1. The number of rotatable bonds is 3. The zero-order chi connectivity index (χ0) is 10.6. The molecule has 0 spiro atoms. The molecular formula is C10H10BrClO2. The summed E-state index contributed by atoms with van der Waals surface area (Å²) in [5.41, 5.74) is 0.923. The molecule has 1 N–H and O–H groups in total. The van der Waals surface area contributed by atoms with Gasteiger partial charge in [-0.05, 0) is 33.6 Å². The van der Waals surface area contributed by atoms with Crippen LogP contribution < -0.4 is 4.74 Å². The molecule has 0 aliphatic heterocycles. The summed E-state index contributed by atoms with van der Waals surface area (Å²) in [5.74, 6) is 1.00. The van der Waals surface area contributed by atoms with Gasteiger partial charge in [0.25, 0.3) is 0 Å². The van der Waals surface area contributed by atoms with E-state index in [2.05, 4.69) is 15.9 Å². The monoisotopic (exact) mass is 276 g/mol. The van der Waals surface area contributed by atoms with Crippen LogP contribution in [0.1, 0.15) is 5.56 Å². The molecule has 0 unspecified atom stereocenters. The lowest BCUT2D eigenvalue weighted by Crippen LogP contribution is -1.85. The van der Waals surface area contributed by atoms with Crippen molar-refractivity contribution >= 4 is 33.6 Å². The van der Waals surface area contributed by atoms with Gasteiger partial charge in [-0.1, -0.05) is 12.2 Å². The molecule has 1 aromatic carbocycles. The molecule has 76 valence electrons. The first-order valence-corrected chi connectivity index (χ1v) is 5.30. The van der Waals surface area contributed by atoms with Gasteiger partial charge in [0.15, 0.2) is 11.5 Å². The molecule has 0 aromatic heterocycles. The maximum absolute atomic E-state index is 9.53. The van der Waals surface area contributed by atoms with Crippen molar-refractivity contribution in [1.29, 1.82) is 0 Å². The van der Waals surface area contributed by atoms with Crippen molar-refractivity contribution in [2.24, 2.45) is 0 Å². The number of ether oxygens (including phenoxy) is 1. The Bertz CT molecular complexity index is 350. The smallest absolute Gasteiger partial charge is 0.172 e. The van der Waals surface area contributed by atoms with Crippen LogP contribution in [0.15, 0.2) is 22.7 Å². The fourth-order valence-electron chi connectivity index (χ4n) is 1.03. The van der Waals surface area contributed by atoms with Crippen LogP contribution in [0.3, 0.4) is 0 Å². The number of alkyl halides is 1. The quantitative estimate of drug-likeness (QED) is 0.858. The van der Waals surface area contributed by atoms with Gasteiger partial charge in [-0.15, -0.1) is 11.6 Å². The number of methoxy groups -OCH3 is 1. The molecule has 0 aliphatic carbocycles. The van der Waals surface area contributed by atoms with Crippen LogP contribution in [0.4, 0.5) is 0 Å². The molecule has 2 nitrogen and oxygen atoms in total. The van der Waals surface area contributed by atoms with Gasteiger partial charge in [0.1, 0.15) is 0 Å². The summed E-state index contributed by atoms with van der Waals surface area (Å²) in [4.78, 5) is 0. The van der Waals surface area contributed by atoms with Crippen molar-refractivity contribution in [2.75, 3.05) is 13.0 Å². The van der Waals surface area contributed by atoms with Crippen LogP contribution in [0.5, 0.6) is 11.5 Å². The summed E-state index contributed by atoms with van der Waals surface area (Å²) in [6.45, 7) is 0. The van der Waals surface area contributed by atoms with E-state index in [4.69, 9.17) is 16.3 Å². The number of benzene rings is 1. The first kappa shape index (κ1) is 11.4. The minimum atomic E-state index is 0.107. The SMILES string of the molecule is COc1cc(C=CCCl)cc(Br)c1O. The molecule has 0 saturated carbocycles. The molecule has 0 saturated heterocycles. The third kappa shape index (κ3) is 2.66. The first-order valence-electron chi connectivity index (χ1n) is 3.98. The number of phenolic OH excluding ortho intramolecular Hbond substituents is 1. The Morgan fingerprint density at radius 1 is 1.57 bits per heavy atom. The zero-order valence-corrected chi connectivity index (χ0v) is 9.97. The lowest BCUT2D eigenvalue weighted by Gasteiger charge is -2.06. The van der Waals surface area contributed by atoms with E-state index in [-0.39, 0.29) is 5.75 Å². The Morgan fingerprint density at radius 3 is 2.86 bits per heavy atom. The first-order chi connectivity index (χ1) is 6.69. The highest BCUT2D eigenvalue weighted by molar-refractivity contribution is 9.10. The van der Waals surface area contributed by atoms with Crippen LogP contribution in [0, 0.1) is 0 Å². The minimum absolute atomic E-state index is 0.107. The minimum Gasteiger partial charge on any atom is -0.503 e. The predicted octanol–water partition coefficient (Wildman–Crippen LogP) is 3.42. The van der Waals surface area contributed by atoms with E-state index in [1.54, 1.807) is 12.1 Å². The highest BCUT2D eigenvalue weighted by Gasteiger charge is 2.06. The summed E-state index contributed by atoms with van der Waals surface area (Å²) >= 11 is 8.75.